The van der Waals surface area contributed by atoms with Crippen molar-refractivity contribution in [2.24, 2.45) is 5.92 Å². The number of hydrogen-bond acceptors (Lipinski definition) is 9. The number of hydrogen-bond donors (Lipinski definition) is 2. The number of nitrogens with one attached hydrogen (secondary N) is 2. The van der Waals surface area contributed by atoms with Crippen molar-refractivity contribution in [2.75, 3.05) is 31.6 Å². The molecule has 0 radical (unpaired) electrons. The quantitative estimate of drug-likeness (QED) is 0.285. The third-order valence-electron chi connectivity index (χ3n) is 5.28. The number of ether oxygens (including phenoxy) is 1. The average Bonchev–Trinajstić information content (AvgIpc) is 3.33. The van der Waals surface area contributed by atoms with Crippen molar-refractivity contribution in [1.29, 1.82) is 0 Å². The Bertz CT molecular complexity index is 1130. The van der Waals surface area contributed by atoms with Crippen LogP contribution < -0.4 is 10.0 Å². The minimum atomic E-state index is -4.25. The van der Waals surface area contributed by atoms with E-state index in [1.807, 2.05) is 11.6 Å². The van der Waals surface area contributed by atoms with Crippen molar-refractivity contribution in [2.45, 2.75) is 31.2 Å². The fraction of sp³-hybridized carbons (Fsp3) is 0.429. The highest BCUT2D eigenvalue weighted by Crippen LogP contribution is 2.28. The molecule has 1 amide bonds. The van der Waals surface area contributed by atoms with Gasteiger partial charge in [0.1, 0.15) is 18.0 Å². The maximum Gasteiger partial charge on any atom is 0.321 e. The van der Waals surface area contributed by atoms with Gasteiger partial charge in [0.2, 0.25) is 10.0 Å². The average molecular weight is 495 g/mol. The summed E-state index contributed by atoms with van der Waals surface area (Å²) in [4.78, 5) is 36.1. The van der Waals surface area contributed by atoms with Crippen molar-refractivity contribution in [3.63, 3.8) is 0 Å². The van der Waals surface area contributed by atoms with Crippen LogP contribution in [-0.2, 0) is 30.9 Å². The number of sulfonamides is 1. The minimum Gasteiger partial charge on any atom is -0.467 e. The Kier molecular flexibility index (Phi) is 8.23. The summed E-state index contributed by atoms with van der Waals surface area (Å²) in [6.07, 6.45) is 3.37. The van der Waals surface area contributed by atoms with Crippen LogP contribution in [0.15, 0.2) is 45.9 Å². The van der Waals surface area contributed by atoms with Gasteiger partial charge in [-0.25, -0.2) is 8.42 Å². The number of nitrogens with zero attached hydrogens (tertiary/aromatic N) is 2. The smallest absolute Gasteiger partial charge is 0.321 e. The van der Waals surface area contributed by atoms with E-state index in [1.54, 1.807) is 17.0 Å². The number of furan rings is 1. The molecule has 2 N–H and O–H groups in total. The highest BCUT2D eigenvalue weighted by Gasteiger charge is 2.24. The fourth-order valence-corrected chi connectivity index (χ4v) is 4.50. The second-order valence-corrected chi connectivity index (χ2v) is 9.71. The second-order valence-electron chi connectivity index (χ2n) is 7.94. The summed E-state index contributed by atoms with van der Waals surface area (Å²) in [6, 6.07) is 6.67. The van der Waals surface area contributed by atoms with E-state index in [1.165, 1.54) is 18.4 Å². The highest BCUT2D eigenvalue weighted by molar-refractivity contribution is 7.89. The number of nitro benzene ring substituents is 1. The second kappa shape index (κ2) is 11.1. The fourth-order valence-electron chi connectivity index (χ4n) is 3.51. The molecule has 1 aromatic carbocycles. The summed E-state index contributed by atoms with van der Waals surface area (Å²) in [6.45, 7) is 2.19. The number of likely N-dealkylation sites (tertiary alicyclic amines) is 1. The predicted octanol–water partition coefficient (Wildman–Crippen LogP) is 1.88. The van der Waals surface area contributed by atoms with Gasteiger partial charge in [-0.3, -0.25) is 19.7 Å². The van der Waals surface area contributed by atoms with Gasteiger partial charge in [0.15, 0.2) is 6.61 Å². The molecule has 13 heteroatoms. The van der Waals surface area contributed by atoms with E-state index in [-0.39, 0.29) is 18.1 Å². The molecule has 34 heavy (non-hydrogen) atoms. The molecule has 1 aliphatic rings. The predicted molar refractivity (Wildman–Crippen MR) is 120 cm³/mol. The standard InChI is InChI=1S/C21H26N4O8S/c1-15-4-2-8-24(13-15)20(26)14-33-21(27)12-23-34(30,31)17-6-7-18(19(10-17)25(28)29)22-11-16-5-3-9-32-16/h3,5-7,9-10,15,22-23H,2,4,8,11-14H2,1H3. The maximum absolute atomic E-state index is 12.5. The number of piperidine rings is 1. The number of carbonyl (C=O) groups excluding carboxylic acids is 2. The largest absolute Gasteiger partial charge is 0.467 e. The Labute approximate surface area is 196 Å². The number of amides is 1. The Hall–Kier alpha value is -3.45. The van der Waals surface area contributed by atoms with Crippen LogP contribution in [0, 0.1) is 16.0 Å². The van der Waals surface area contributed by atoms with Crippen molar-refractivity contribution in [3.05, 3.63) is 52.5 Å². The van der Waals surface area contributed by atoms with Crippen molar-refractivity contribution in [1.82, 2.24) is 9.62 Å². The zero-order valence-corrected chi connectivity index (χ0v) is 19.4. The van der Waals surface area contributed by atoms with Gasteiger partial charge in [0.25, 0.3) is 11.6 Å². The van der Waals surface area contributed by atoms with Gasteiger partial charge in [0.05, 0.1) is 22.6 Å². The van der Waals surface area contributed by atoms with Gasteiger partial charge < -0.3 is 19.4 Å². The molecular weight excluding hydrogens is 468 g/mol. The lowest BCUT2D eigenvalue weighted by atomic mass is 10.0. The van der Waals surface area contributed by atoms with Crippen LogP contribution >= 0.6 is 0 Å². The Balaban J connectivity index is 1.56. The first-order valence-corrected chi connectivity index (χ1v) is 12.1. The number of carbonyl (C=O) groups is 2. The van der Waals surface area contributed by atoms with Crippen LogP contribution in [0.4, 0.5) is 11.4 Å². The topological polar surface area (TPSA) is 161 Å². The molecule has 1 atom stereocenters. The number of rotatable bonds is 10. The molecule has 1 unspecified atom stereocenters. The number of nitro groups is 1. The van der Waals surface area contributed by atoms with Crippen molar-refractivity contribution < 1.29 is 32.1 Å². The molecule has 0 bridgehead atoms. The lowest BCUT2D eigenvalue weighted by molar-refractivity contribution is -0.384. The van der Waals surface area contributed by atoms with E-state index in [2.05, 4.69) is 5.32 Å². The third kappa shape index (κ3) is 6.78. The lowest BCUT2D eigenvalue weighted by Crippen LogP contribution is -2.42. The third-order valence-corrected chi connectivity index (χ3v) is 6.68. The highest BCUT2D eigenvalue weighted by atomic mass is 32.2. The Morgan fingerprint density at radius 3 is 2.79 bits per heavy atom. The van der Waals surface area contributed by atoms with E-state index < -0.39 is 44.7 Å². The first-order chi connectivity index (χ1) is 16.2. The van der Waals surface area contributed by atoms with Crippen LogP contribution in [0.2, 0.25) is 0 Å². The molecule has 12 nitrogen and oxygen atoms in total. The number of esters is 1. The van der Waals surface area contributed by atoms with Crippen LogP contribution in [0.5, 0.6) is 0 Å². The molecule has 0 spiro atoms. The first kappa shape index (κ1) is 25.2. The Morgan fingerprint density at radius 2 is 2.12 bits per heavy atom. The number of benzene rings is 1. The van der Waals surface area contributed by atoms with E-state index in [0.29, 0.717) is 24.8 Å². The summed E-state index contributed by atoms with van der Waals surface area (Å²) in [7, 11) is -4.25. The normalized spacial score (nSPS) is 16.1. The van der Waals surface area contributed by atoms with E-state index in [4.69, 9.17) is 9.15 Å². The summed E-state index contributed by atoms with van der Waals surface area (Å²) >= 11 is 0. The molecule has 1 fully saturated rings. The molecule has 0 saturated carbocycles. The van der Waals surface area contributed by atoms with Crippen molar-refractivity contribution in [3.8, 4) is 0 Å². The van der Waals surface area contributed by atoms with Gasteiger partial charge in [-0.05, 0) is 43.0 Å². The van der Waals surface area contributed by atoms with Crippen LogP contribution in [0.1, 0.15) is 25.5 Å². The minimum absolute atomic E-state index is 0.102. The van der Waals surface area contributed by atoms with Crippen molar-refractivity contribution >= 4 is 33.3 Å². The molecule has 184 valence electrons. The zero-order valence-electron chi connectivity index (χ0n) is 18.6. The van der Waals surface area contributed by atoms with Gasteiger partial charge in [-0.1, -0.05) is 6.92 Å². The van der Waals surface area contributed by atoms with Gasteiger partial charge in [0, 0.05) is 19.2 Å². The Morgan fingerprint density at radius 1 is 1.32 bits per heavy atom. The van der Waals surface area contributed by atoms with E-state index in [0.717, 1.165) is 18.9 Å². The SMILES string of the molecule is CC1CCCN(C(=O)COC(=O)CNS(=O)(=O)c2ccc(NCc3ccco3)c([N+](=O)[O-])c2)C1. The molecule has 1 saturated heterocycles. The van der Waals surface area contributed by atoms with E-state index in [9.17, 15) is 28.1 Å². The molecule has 2 heterocycles. The van der Waals surface area contributed by atoms with Crippen LogP contribution in [0.25, 0.3) is 0 Å². The number of anilines is 1. The van der Waals surface area contributed by atoms with Gasteiger partial charge in [-0.15, -0.1) is 0 Å². The first-order valence-electron chi connectivity index (χ1n) is 10.6. The molecule has 1 aromatic heterocycles. The summed E-state index contributed by atoms with van der Waals surface area (Å²) in [5.41, 5.74) is -0.358. The van der Waals surface area contributed by atoms with Crippen LogP contribution in [0.3, 0.4) is 0 Å². The molecule has 0 aliphatic carbocycles. The van der Waals surface area contributed by atoms with E-state index >= 15 is 0 Å². The monoisotopic (exact) mass is 494 g/mol. The van der Waals surface area contributed by atoms with Gasteiger partial charge >= 0.3 is 5.97 Å². The molecular formula is C21H26N4O8S. The summed E-state index contributed by atoms with van der Waals surface area (Å²) in [5, 5.41) is 14.3. The van der Waals surface area contributed by atoms with Gasteiger partial charge in [-0.2, -0.15) is 4.72 Å². The van der Waals surface area contributed by atoms with Crippen LogP contribution in [-0.4, -0.2) is 56.4 Å². The molecule has 1 aliphatic heterocycles. The summed E-state index contributed by atoms with van der Waals surface area (Å²) in [5.74, 6) is -0.361. The zero-order chi connectivity index (χ0) is 24.7. The summed E-state index contributed by atoms with van der Waals surface area (Å²) < 4.78 is 37.2. The maximum atomic E-state index is 12.5. The molecule has 2 aromatic rings. The lowest BCUT2D eigenvalue weighted by Gasteiger charge is -2.30. The molecule has 3 rings (SSSR count).